The molecule has 2 aromatic rings. The molecule has 0 amide bonds. The van der Waals surface area contributed by atoms with E-state index in [4.69, 9.17) is 10.3 Å². The number of aromatic nitrogens is 1. The largest absolute Gasteiger partial charge is 0.380 e. The molecule has 4 nitrogen and oxygen atoms in total. The molecule has 1 aromatic carbocycles. The number of nitrogen functional groups attached to an aromatic ring is 1. The summed E-state index contributed by atoms with van der Waals surface area (Å²) in [5.41, 5.74) is 8.81. The minimum Gasteiger partial charge on any atom is -0.380 e. The molecule has 0 radical (unpaired) electrons. The van der Waals surface area contributed by atoms with Crippen LogP contribution in [0.1, 0.15) is 5.76 Å². The second kappa shape index (κ2) is 3.89. The molecule has 16 heavy (non-hydrogen) atoms. The molecule has 0 spiro atoms. The Labute approximate surface area is 94.6 Å². The van der Waals surface area contributed by atoms with Gasteiger partial charge in [-0.3, -0.25) is 0 Å². The van der Waals surface area contributed by atoms with Crippen LogP contribution in [0.5, 0.6) is 0 Å². The van der Waals surface area contributed by atoms with E-state index in [2.05, 4.69) is 5.16 Å². The topological polar surface area (TPSA) is 55.3 Å². The molecule has 2 rings (SSSR count). The van der Waals surface area contributed by atoms with E-state index in [0.29, 0.717) is 5.82 Å². The molecule has 0 saturated heterocycles. The summed E-state index contributed by atoms with van der Waals surface area (Å²) in [7, 11) is 4.02. The fourth-order valence-electron chi connectivity index (χ4n) is 1.67. The molecule has 0 aliphatic carbocycles. The highest BCUT2D eigenvalue weighted by Crippen LogP contribution is 2.29. The van der Waals surface area contributed by atoms with Gasteiger partial charge >= 0.3 is 0 Å². The number of benzene rings is 1. The maximum atomic E-state index is 5.76. The van der Waals surface area contributed by atoms with E-state index in [-0.39, 0.29) is 0 Å². The number of hydrogen-bond donors (Lipinski definition) is 1. The second-order valence-electron chi connectivity index (χ2n) is 3.94. The third kappa shape index (κ3) is 1.74. The van der Waals surface area contributed by atoms with Gasteiger partial charge < -0.3 is 15.2 Å². The van der Waals surface area contributed by atoms with Gasteiger partial charge in [0.1, 0.15) is 5.76 Å². The molecule has 0 unspecified atom stereocenters. The van der Waals surface area contributed by atoms with Crippen LogP contribution in [0.25, 0.3) is 11.1 Å². The van der Waals surface area contributed by atoms with Crippen LogP contribution in [0, 0.1) is 6.92 Å². The number of aryl methyl sites for hydroxylation is 1. The van der Waals surface area contributed by atoms with Gasteiger partial charge in [0, 0.05) is 19.8 Å². The number of anilines is 2. The average molecular weight is 217 g/mol. The van der Waals surface area contributed by atoms with Crippen LogP contribution in [-0.4, -0.2) is 19.3 Å². The van der Waals surface area contributed by atoms with Crippen molar-refractivity contribution >= 4 is 11.5 Å². The van der Waals surface area contributed by atoms with Gasteiger partial charge in [-0.05, 0) is 24.6 Å². The molecular weight excluding hydrogens is 202 g/mol. The van der Waals surface area contributed by atoms with Crippen LogP contribution in [0.4, 0.5) is 11.5 Å². The fourth-order valence-corrected chi connectivity index (χ4v) is 1.67. The molecule has 1 aromatic heterocycles. The van der Waals surface area contributed by atoms with Gasteiger partial charge in [0.2, 0.25) is 0 Å². The zero-order valence-corrected chi connectivity index (χ0v) is 9.69. The normalized spacial score (nSPS) is 10.4. The summed E-state index contributed by atoms with van der Waals surface area (Å²) in [6.07, 6.45) is 0. The summed E-state index contributed by atoms with van der Waals surface area (Å²) in [6.45, 7) is 1.86. The van der Waals surface area contributed by atoms with Crippen molar-refractivity contribution in [1.82, 2.24) is 5.16 Å². The first kappa shape index (κ1) is 10.5. The first-order valence-electron chi connectivity index (χ1n) is 5.09. The standard InChI is InChI=1S/C12H15N3O/c1-8-11(12(13)14-16-8)9-4-6-10(7-5-9)15(2)3/h4-7H,1-3H3,(H2,13,14). The van der Waals surface area contributed by atoms with E-state index in [0.717, 1.165) is 22.6 Å². The molecule has 0 aliphatic rings. The Kier molecular flexibility index (Phi) is 2.56. The molecule has 0 bridgehead atoms. The number of hydrogen-bond acceptors (Lipinski definition) is 4. The highest BCUT2D eigenvalue weighted by atomic mass is 16.5. The SMILES string of the molecule is Cc1onc(N)c1-c1ccc(N(C)C)cc1. The minimum absolute atomic E-state index is 0.440. The maximum absolute atomic E-state index is 5.76. The van der Waals surface area contributed by atoms with Crippen LogP contribution in [0.15, 0.2) is 28.8 Å². The summed E-state index contributed by atoms with van der Waals surface area (Å²) in [4.78, 5) is 2.05. The Morgan fingerprint density at radius 2 is 1.81 bits per heavy atom. The van der Waals surface area contributed by atoms with Crippen molar-refractivity contribution in [3.8, 4) is 11.1 Å². The second-order valence-corrected chi connectivity index (χ2v) is 3.94. The van der Waals surface area contributed by atoms with Gasteiger partial charge in [-0.1, -0.05) is 17.3 Å². The smallest absolute Gasteiger partial charge is 0.175 e. The number of nitrogens with two attached hydrogens (primary N) is 1. The Morgan fingerprint density at radius 1 is 1.19 bits per heavy atom. The van der Waals surface area contributed by atoms with E-state index in [9.17, 15) is 0 Å². The molecule has 0 atom stereocenters. The highest BCUT2D eigenvalue weighted by Gasteiger charge is 2.11. The van der Waals surface area contributed by atoms with Crippen LogP contribution >= 0.6 is 0 Å². The Balaban J connectivity index is 2.42. The van der Waals surface area contributed by atoms with Crippen molar-refractivity contribution in [3.05, 3.63) is 30.0 Å². The quantitative estimate of drug-likeness (QED) is 0.838. The van der Waals surface area contributed by atoms with Gasteiger partial charge in [-0.2, -0.15) is 0 Å². The lowest BCUT2D eigenvalue weighted by atomic mass is 10.1. The van der Waals surface area contributed by atoms with Crippen LogP contribution < -0.4 is 10.6 Å². The van der Waals surface area contributed by atoms with E-state index in [1.807, 2.05) is 50.2 Å². The molecule has 1 heterocycles. The van der Waals surface area contributed by atoms with Gasteiger partial charge in [0.25, 0.3) is 0 Å². The minimum atomic E-state index is 0.440. The lowest BCUT2D eigenvalue weighted by molar-refractivity contribution is 0.401. The molecule has 4 heteroatoms. The Morgan fingerprint density at radius 3 is 2.25 bits per heavy atom. The van der Waals surface area contributed by atoms with Crippen molar-refractivity contribution < 1.29 is 4.52 Å². The first-order chi connectivity index (χ1) is 7.59. The molecule has 0 aliphatic heterocycles. The van der Waals surface area contributed by atoms with E-state index >= 15 is 0 Å². The van der Waals surface area contributed by atoms with E-state index < -0.39 is 0 Å². The van der Waals surface area contributed by atoms with Crippen molar-refractivity contribution in [2.45, 2.75) is 6.92 Å². The van der Waals surface area contributed by atoms with E-state index in [1.54, 1.807) is 0 Å². The van der Waals surface area contributed by atoms with Gasteiger partial charge in [-0.15, -0.1) is 0 Å². The summed E-state index contributed by atoms with van der Waals surface area (Å²) in [5, 5.41) is 3.74. The lowest BCUT2D eigenvalue weighted by Gasteiger charge is -2.12. The first-order valence-corrected chi connectivity index (χ1v) is 5.09. The summed E-state index contributed by atoms with van der Waals surface area (Å²) in [5.74, 6) is 1.19. The van der Waals surface area contributed by atoms with Gasteiger partial charge in [0.15, 0.2) is 5.82 Å². The summed E-state index contributed by atoms with van der Waals surface area (Å²) in [6, 6.07) is 8.12. The molecule has 84 valence electrons. The van der Waals surface area contributed by atoms with Crippen molar-refractivity contribution in [2.75, 3.05) is 24.7 Å². The number of rotatable bonds is 2. The lowest BCUT2D eigenvalue weighted by Crippen LogP contribution is -2.07. The monoisotopic (exact) mass is 217 g/mol. The van der Waals surface area contributed by atoms with Crippen LogP contribution in [0.2, 0.25) is 0 Å². The Hall–Kier alpha value is -1.97. The van der Waals surface area contributed by atoms with Crippen molar-refractivity contribution in [3.63, 3.8) is 0 Å². The summed E-state index contributed by atoms with van der Waals surface area (Å²) < 4.78 is 5.04. The zero-order valence-electron chi connectivity index (χ0n) is 9.69. The van der Waals surface area contributed by atoms with Gasteiger partial charge in [0.05, 0.1) is 5.56 Å². The van der Waals surface area contributed by atoms with Gasteiger partial charge in [-0.25, -0.2) is 0 Å². The fraction of sp³-hybridized carbons (Fsp3) is 0.250. The molecule has 0 fully saturated rings. The van der Waals surface area contributed by atoms with Crippen LogP contribution in [0.3, 0.4) is 0 Å². The molecule has 0 saturated carbocycles. The highest BCUT2D eigenvalue weighted by molar-refractivity contribution is 5.76. The average Bonchev–Trinajstić information content (AvgIpc) is 2.59. The summed E-state index contributed by atoms with van der Waals surface area (Å²) >= 11 is 0. The maximum Gasteiger partial charge on any atom is 0.175 e. The zero-order chi connectivity index (χ0) is 11.7. The Bertz CT molecular complexity index is 466. The van der Waals surface area contributed by atoms with E-state index in [1.165, 1.54) is 0 Å². The van der Waals surface area contributed by atoms with Crippen molar-refractivity contribution in [2.24, 2.45) is 0 Å². The van der Waals surface area contributed by atoms with Crippen molar-refractivity contribution in [1.29, 1.82) is 0 Å². The number of nitrogens with zero attached hydrogens (tertiary/aromatic N) is 2. The predicted molar refractivity (Wildman–Crippen MR) is 65.4 cm³/mol. The van der Waals surface area contributed by atoms with Crippen LogP contribution in [-0.2, 0) is 0 Å². The molecular formula is C12H15N3O. The molecule has 2 N–H and O–H groups in total. The predicted octanol–water partition coefficient (Wildman–Crippen LogP) is 2.30. The third-order valence-corrected chi connectivity index (χ3v) is 2.56. The third-order valence-electron chi connectivity index (χ3n) is 2.56.